The van der Waals surface area contributed by atoms with Gasteiger partial charge in [0.25, 0.3) is 0 Å². The molecule has 0 aliphatic carbocycles. The molecule has 158 valence electrons. The van der Waals surface area contributed by atoms with Crippen molar-refractivity contribution in [2.75, 3.05) is 44.7 Å². The molecular formula is C20H26Cl2FN5O. The molecule has 1 aromatic carbocycles. The number of aromatic nitrogens is 3. The molecule has 1 fully saturated rings. The Bertz CT molecular complexity index is 915. The Kier molecular flexibility index (Phi) is 8.49. The highest BCUT2D eigenvalue weighted by Crippen LogP contribution is 2.25. The van der Waals surface area contributed by atoms with Gasteiger partial charge in [0, 0.05) is 43.3 Å². The molecule has 0 spiro atoms. The molecule has 29 heavy (non-hydrogen) atoms. The van der Waals surface area contributed by atoms with Crippen LogP contribution >= 0.6 is 24.8 Å². The number of hydrogen-bond donors (Lipinski definition) is 1. The monoisotopic (exact) mass is 441 g/mol. The molecule has 0 amide bonds. The van der Waals surface area contributed by atoms with Crippen LogP contribution in [0.3, 0.4) is 0 Å². The van der Waals surface area contributed by atoms with Gasteiger partial charge in [0.2, 0.25) is 0 Å². The number of aromatic amines is 1. The number of rotatable bonds is 6. The summed E-state index contributed by atoms with van der Waals surface area (Å²) in [6.45, 7) is 4.87. The van der Waals surface area contributed by atoms with Gasteiger partial charge >= 0.3 is 0 Å². The molecule has 3 aromatic rings. The number of piperazine rings is 1. The van der Waals surface area contributed by atoms with Crippen molar-refractivity contribution in [2.45, 2.75) is 12.8 Å². The van der Waals surface area contributed by atoms with Crippen LogP contribution in [0.1, 0.15) is 12.0 Å². The van der Waals surface area contributed by atoms with Crippen LogP contribution in [0, 0.1) is 5.82 Å². The van der Waals surface area contributed by atoms with E-state index in [1.165, 1.54) is 11.6 Å². The molecule has 1 aliphatic rings. The first-order valence-corrected chi connectivity index (χ1v) is 9.31. The lowest BCUT2D eigenvalue weighted by atomic mass is 10.1. The lowest BCUT2D eigenvalue weighted by Crippen LogP contribution is -2.47. The summed E-state index contributed by atoms with van der Waals surface area (Å²) >= 11 is 0. The van der Waals surface area contributed by atoms with Crippen LogP contribution in [0.2, 0.25) is 0 Å². The molecule has 9 heteroatoms. The normalized spacial score (nSPS) is 14.3. The Morgan fingerprint density at radius 3 is 2.72 bits per heavy atom. The average molecular weight is 442 g/mol. The zero-order valence-corrected chi connectivity index (χ0v) is 17.9. The van der Waals surface area contributed by atoms with E-state index in [1.54, 1.807) is 31.8 Å². The zero-order valence-electron chi connectivity index (χ0n) is 16.3. The van der Waals surface area contributed by atoms with Crippen molar-refractivity contribution in [3.05, 3.63) is 48.3 Å². The van der Waals surface area contributed by atoms with Crippen molar-refractivity contribution in [1.29, 1.82) is 0 Å². The second kappa shape index (κ2) is 10.6. The van der Waals surface area contributed by atoms with Crippen LogP contribution in [0.15, 0.2) is 36.9 Å². The molecule has 2 aromatic heterocycles. The lowest BCUT2D eigenvalue weighted by Gasteiger charge is -2.35. The molecular weight excluding hydrogens is 416 g/mol. The standard InChI is InChI=1S/C20H24FN5O.2ClH/c1-27-19-13-22-14-24-20(19)26-9-7-25(8-10-26)6-2-3-15-12-23-18-5-4-16(21)11-17(15)18;;/h4-5,11-14,23H,2-3,6-10H2,1H3;2*1H. The predicted molar refractivity (Wildman–Crippen MR) is 118 cm³/mol. The van der Waals surface area contributed by atoms with Gasteiger partial charge in [-0.2, -0.15) is 0 Å². The number of nitrogens with one attached hydrogen (secondary N) is 1. The van der Waals surface area contributed by atoms with Crippen molar-refractivity contribution in [3.63, 3.8) is 0 Å². The van der Waals surface area contributed by atoms with Crippen molar-refractivity contribution in [2.24, 2.45) is 0 Å². The number of anilines is 1. The smallest absolute Gasteiger partial charge is 0.179 e. The van der Waals surface area contributed by atoms with Gasteiger partial charge in [-0.25, -0.2) is 14.4 Å². The summed E-state index contributed by atoms with van der Waals surface area (Å²) in [6, 6.07) is 4.92. The predicted octanol–water partition coefficient (Wildman–Crippen LogP) is 3.70. The van der Waals surface area contributed by atoms with Crippen molar-refractivity contribution >= 4 is 41.5 Å². The van der Waals surface area contributed by atoms with E-state index in [-0.39, 0.29) is 30.6 Å². The van der Waals surface area contributed by atoms with E-state index in [4.69, 9.17) is 4.74 Å². The highest BCUT2D eigenvalue weighted by atomic mass is 35.5. The van der Waals surface area contributed by atoms with Gasteiger partial charge in [0.1, 0.15) is 12.1 Å². The molecule has 3 heterocycles. The Balaban J connectivity index is 0.00000150. The van der Waals surface area contributed by atoms with Crippen molar-refractivity contribution in [1.82, 2.24) is 19.9 Å². The quantitative estimate of drug-likeness (QED) is 0.631. The number of ether oxygens (including phenoxy) is 1. The number of H-pyrrole nitrogens is 1. The first-order chi connectivity index (χ1) is 13.2. The Labute approximate surface area is 182 Å². The Morgan fingerprint density at radius 2 is 1.97 bits per heavy atom. The molecule has 0 saturated carbocycles. The number of benzene rings is 1. The van der Waals surface area contributed by atoms with Gasteiger partial charge < -0.3 is 14.6 Å². The maximum Gasteiger partial charge on any atom is 0.179 e. The van der Waals surface area contributed by atoms with Crippen LogP contribution in [0.25, 0.3) is 10.9 Å². The minimum atomic E-state index is -0.181. The zero-order chi connectivity index (χ0) is 18.6. The fourth-order valence-corrected chi connectivity index (χ4v) is 3.73. The summed E-state index contributed by atoms with van der Waals surface area (Å²) in [5, 5.41) is 0.996. The highest BCUT2D eigenvalue weighted by Gasteiger charge is 2.20. The molecule has 1 aliphatic heterocycles. The van der Waals surface area contributed by atoms with E-state index >= 15 is 0 Å². The van der Waals surface area contributed by atoms with Gasteiger partial charge in [-0.05, 0) is 43.1 Å². The van der Waals surface area contributed by atoms with Gasteiger partial charge in [-0.1, -0.05) is 0 Å². The molecule has 6 nitrogen and oxygen atoms in total. The number of halogens is 3. The summed E-state index contributed by atoms with van der Waals surface area (Å²) in [4.78, 5) is 16.3. The summed E-state index contributed by atoms with van der Waals surface area (Å²) in [6.07, 6.45) is 7.28. The molecule has 1 N–H and O–H groups in total. The highest BCUT2D eigenvalue weighted by molar-refractivity contribution is 5.85. The summed E-state index contributed by atoms with van der Waals surface area (Å²) in [7, 11) is 1.65. The number of methoxy groups -OCH3 is 1. The third-order valence-electron chi connectivity index (χ3n) is 5.20. The minimum Gasteiger partial charge on any atom is -0.491 e. The fourth-order valence-electron chi connectivity index (χ4n) is 3.73. The van der Waals surface area contributed by atoms with E-state index in [9.17, 15) is 4.39 Å². The van der Waals surface area contributed by atoms with Crippen LogP contribution in [-0.2, 0) is 6.42 Å². The third-order valence-corrected chi connectivity index (χ3v) is 5.20. The van der Waals surface area contributed by atoms with Crippen molar-refractivity contribution < 1.29 is 9.13 Å². The Hall–Kier alpha value is -2.09. The number of aryl methyl sites for hydroxylation is 1. The van der Waals surface area contributed by atoms with E-state index in [1.807, 2.05) is 6.20 Å². The summed E-state index contributed by atoms with van der Waals surface area (Å²) in [5.74, 6) is 1.41. The van der Waals surface area contributed by atoms with Crippen LogP contribution in [-0.4, -0.2) is 59.7 Å². The van der Waals surface area contributed by atoms with Gasteiger partial charge in [-0.15, -0.1) is 24.8 Å². The van der Waals surface area contributed by atoms with Crippen LogP contribution in [0.4, 0.5) is 10.2 Å². The van der Waals surface area contributed by atoms with E-state index in [0.717, 1.165) is 68.0 Å². The number of nitrogens with zero attached hydrogens (tertiary/aromatic N) is 4. The first-order valence-electron chi connectivity index (χ1n) is 9.31. The van der Waals surface area contributed by atoms with Crippen LogP contribution < -0.4 is 9.64 Å². The number of hydrogen-bond acceptors (Lipinski definition) is 5. The van der Waals surface area contributed by atoms with Gasteiger partial charge in [-0.3, -0.25) is 4.90 Å². The van der Waals surface area contributed by atoms with E-state index < -0.39 is 0 Å². The summed E-state index contributed by atoms with van der Waals surface area (Å²) in [5.41, 5.74) is 2.19. The molecule has 0 unspecified atom stereocenters. The van der Waals surface area contributed by atoms with E-state index in [2.05, 4.69) is 24.8 Å². The Morgan fingerprint density at radius 1 is 1.17 bits per heavy atom. The topological polar surface area (TPSA) is 57.3 Å². The fraction of sp³-hybridized carbons (Fsp3) is 0.400. The molecule has 4 rings (SSSR count). The summed E-state index contributed by atoms with van der Waals surface area (Å²) < 4.78 is 18.9. The van der Waals surface area contributed by atoms with Gasteiger partial charge in [0.05, 0.1) is 13.3 Å². The molecule has 0 atom stereocenters. The SMILES string of the molecule is COc1cncnc1N1CCN(CCCc2c[nH]c3ccc(F)cc23)CC1.Cl.Cl. The molecule has 0 bridgehead atoms. The number of fused-ring (bicyclic) bond motifs is 1. The average Bonchev–Trinajstić information content (AvgIpc) is 3.10. The van der Waals surface area contributed by atoms with Gasteiger partial charge in [0.15, 0.2) is 11.6 Å². The maximum atomic E-state index is 13.5. The minimum absolute atomic E-state index is 0. The van der Waals surface area contributed by atoms with Crippen molar-refractivity contribution in [3.8, 4) is 5.75 Å². The molecule has 1 saturated heterocycles. The second-order valence-corrected chi connectivity index (χ2v) is 6.85. The second-order valence-electron chi connectivity index (χ2n) is 6.85. The lowest BCUT2D eigenvalue weighted by molar-refractivity contribution is 0.253. The largest absolute Gasteiger partial charge is 0.491 e. The van der Waals surface area contributed by atoms with E-state index in [0.29, 0.717) is 0 Å². The first kappa shape index (κ1) is 23.2. The molecule has 0 radical (unpaired) electrons. The van der Waals surface area contributed by atoms with Crippen LogP contribution in [0.5, 0.6) is 5.75 Å². The maximum absolute atomic E-state index is 13.5. The third kappa shape index (κ3) is 5.29.